The summed E-state index contributed by atoms with van der Waals surface area (Å²) in [6, 6.07) is 7.68. The summed E-state index contributed by atoms with van der Waals surface area (Å²) in [7, 11) is 0. The van der Waals surface area contributed by atoms with E-state index in [1.54, 1.807) is 11.3 Å². The molecule has 4 bridgehead atoms. The van der Waals surface area contributed by atoms with Crippen LogP contribution in [0.4, 0.5) is 0 Å². The van der Waals surface area contributed by atoms with E-state index in [1.165, 1.54) is 55.2 Å². The van der Waals surface area contributed by atoms with Gasteiger partial charge in [-0.3, -0.25) is 4.90 Å². The van der Waals surface area contributed by atoms with E-state index in [4.69, 9.17) is 0 Å². The van der Waals surface area contributed by atoms with Gasteiger partial charge < -0.3 is 4.98 Å². The number of H-pyrrole nitrogens is 1. The summed E-state index contributed by atoms with van der Waals surface area (Å²) >= 11 is 0. The van der Waals surface area contributed by atoms with E-state index in [0.29, 0.717) is 5.41 Å². The summed E-state index contributed by atoms with van der Waals surface area (Å²) in [4.78, 5) is 6.73. The van der Waals surface area contributed by atoms with E-state index >= 15 is 0 Å². The number of hydrogen-bond acceptors (Lipinski definition) is 1. The van der Waals surface area contributed by atoms with Crippen LogP contribution in [0.5, 0.6) is 0 Å². The third kappa shape index (κ3) is 1.79. The lowest BCUT2D eigenvalue weighted by Gasteiger charge is -2.58. The predicted octanol–water partition coefficient (Wildman–Crippen LogP) is 4.41. The second-order valence-electron chi connectivity index (χ2n) is 8.61. The first-order valence-corrected chi connectivity index (χ1v) is 9.46. The number of rotatable bonds is 1. The van der Waals surface area contributed by atoms with Crippen LogP contribution in [-0.2, 0) is 11.8 Å². The van der Waals surface area contributed by atoms with Crippen LogP contribution in [0.1, 0.15) is 49.9 Å². The van der Waals surface area contributed by atoms with E-state index in [9.17, 15) is 0 Å². The zero-order valence-corrected chi connectivity index (χ0v) is 14.7. The number of fused-ring (bicyclic) bond motifs is 4. The number of aryl methyl sites for hydroxylation is 1. The van der Waals surface area contributed by atoms with Gasteiger partial charge in [0.2, 0.25) is 0 Å². The number of aromatic amines is 1. The van der Waals surface area contributed by atoms with Crippen molar-refractivity contribution >= 4 is 10.9 Å². The van der Waals surface area contributed by atoms with Gasteiger partial charge >= 0.3 is 0 Å². The molecule has 2 saturated heterocycles. The molecule has 0 amide bonds. The van der Waals surface area contributed by atoms with Crippen molar-refractivity contribution in [2.24, 2.45) is 11.8 Å². The molecule has 2 aromatic rings. The van der Waals surface area contributed by atoms with Crippen molar-refractivity contribution in [3.8, 4) is 0 Å². The van der Waals surface area contributed by atoms with Gasteiger partial charge in [0, 0.05) is 41.1 Å². The molecule has 0 radical (unpaired) electrons. The van der Waals surface area contributed by atoms with Gasteiger partial charge in [-0.05, 0) is 55.7 Å². The van der Waals surface area contributed by atoms with Crippen molar-refractivity contribution in [2.75, 3.05) is 13.1 Å². The summed E-state index contributed by atoms with van der Waals surface area (Å²) in [6.07, 6.45) is 5.39. The first kappa shape index (κ1) is 14.1. The molecule has 1 aromatic carbocycles. The second-order valence-corrected chi connectivity index (χ2v) is 8.61. The minimum absolute atomic E-state index is 0.320. The number of piperidine rings is 2. The van der Waals surface area contributed by atoms with Crippen molar-refractivity contribution in [2.45, 2.75) is 57.9 Å². The van der Waals surface area contributed by atoms with E-state index in [2.05, 4.69) is 48.9 Å². The Balaban J connectivity index is 1.75. The van der Waals surface area contributed by atoms with Gasteiger partial charge in [0.25, 0.3) is 0 Å². The molecule has 4 aliphatic rings. The third-order valence-electron chi connectivity index (χ3n) is 7.14. The van der Waals surface area contributed by atoms with Crippen LogP contribution >= 0.6 is 0 Å². The fourth-order valence-electron chi connectivity index (χ4n) is 6.40. The lowest BCUT2D eigenvalue weighted by atomic mass is 9.57. The summed E-state index contributed by atoms with van der Waals surface area (Å²) < 4.78 is 0. The van der Waals surface area contributed by atoms with Crippen LogP contribution < -0.4 is 0 Å². The fraction of sp³-hybridized carbons (Fsp3) is 0.619. The molecule has 5 atom stereocenters. The van der Waals surface area contributed by atoms with E-state index in [1.807, 2.05) is 0 Å². The highest BCUT2D eigenvalue weighted by Gasteiger charge is 2.55. The molecule has 6 rings (SSSR count). The Morgan fingerprint density at radius 3 is 3.04 bits per heavy atom. The monoisotopic (exact) mass is 308 g/mol. The molecule has 2 heteroatoms. The standard InChI is InChI=1S/C21H28N2/c1-4-15-10-14-11-21(3)19-16(7-8-23(12-14)20(15)21)17-9-13(2)5-6-18(17)22-19/h5-6,9,14-15,20,22H,4,7-8,10-12H2,1-3H3. The first-order chi connectivity index (χ1) is 11.1. The van der Waals surface area contributed by atoms with Crippen LogP contribution in [0.15, 0.2) is 18.2 Å². The van der Waals surface area contributed by atoms with Crippen molar-refractivity contribution < 1.29 is 0 Å². The van der Waals surface area contributed by atoms with Crippen molar-refractivity contribution in [3.05, 3.63) is 35.0 Å². The van der Waals surface area contributed by atoms with Gasteiger partial charge in [0.05, 0.1) is 0 Å². The van der Waals surface area contributed by atoms with Gasteiger partial charge in [-0.2, -0.15) is 0 Å². The Labute approximate surface area is 139 Å². The molecule has 3 aliphatic heterocycles. The molecule has 2 nitrogen and oxygen atoms in total. The fourth-order valence-corrected chi connectivity index (χ4v) is 6.40. The molecule has 0 spiro atoms. The highest BCUT2D eigenvalue weighted by Crippen LogP contribution is 2.54. The molecular formula is C21H28N2. The van der Waals surface area contributed by atoms with E-state index in [-0.39, 0.29) is 0 Å². The van der Waals surface area contributed by atoms with Crippen LogP contribution in [-0.4, -0.2) is 29.0 Å². The number of hydrogen-bond donors (Lipinski definition) is 1. The second kappa shape index (κ2) is 4.63. The molecule has 3 fully saturated rings. The number of nitrogens with one attached hydrogen (secondary N) is 1. The van der Waals surface area contributed by atoms with Crippen molar-refractivity contribution in [1.82, 2.24) is 9.88 Å². The van der Waals surface area contributed by atoms with Gasteiger partial charge in [0.1, 0.15) is 0 Å². The lowest BCUT2D eigenvalue weighted by molar-refractivity contribution is -0.0522. The molecule has 4 heterocycles. The Kier molecular flexibility index (Phi) is 2.84. The van der Waals surface area contributed by atoms with Crippen molar-refractivity contribution in [1.29, 1.82) is 0 Å². The third-order valence-corrected chi connectivity index (χ3v) is 7.14. The molecule has 1 aliphatic carbocycles. The molecule has 1 N–H and O–H groups in total. The zero-order chi connectivity index (χ0) is 15.8. The largest absolute Gasteiger partial charge is 0.358 e. The summed E-state index contributed by atoms with van der Waals surface area (Å²) in [6.45, 7) is 9.77. The van der Waals surface area contributed by atoms with Gasteiger partial charge in [0.15, 0.2) is 0 Å². The van der Waals surface area contributed by atoms with Crippen LogP contribution in [0.3, 0.4) is 0 Å². The lowest BCUT2D eigenvalue weighted by Crippen LogP contribution is -2.63. The number of benzene rings is 1. The molecule has 1 aromatic heterocycles. The minimum atomic E-state index is 0.320. The quantitative estimate of drug-likeness (QED) is 0.827. The Morgan fingerprint density at radius 1 is 1.35 bits per heavy atom. The topological polar surface area (TPSA) is 19.0 Å². The Morgan fingerprint density at radius 2 is 2.22 bits per heavy atom. The smallest absolute Gasteiger partial charge is 0.0459 e. The van der Waals surface area contributed by atoms with E-state index < -0.39 is 0 Å². The van der Waals surface area contributed by atoms with Crippen LogP contribution in [0.25, 0.3) is 10.9 Å². The predicted molar refractivity (Wildman–Crippen MR) is 96.0 cm³/mol. The summed E-state index contributed by atoms with van der Waals surface area (Å²) in [5, 5.41) is 1.49. The average Bonchev–Trinajstić information content (AvgIpc) is 2.87. The van der Waals surface area contributed by atoms with Crippen LogP contribution in [0.2, 0.25) is 0 Å². The first-order valence-electron chi connectivity index (χ1n) is 9.46. The Bertz CT molecular complexity index is 773. The maximum atomic E-state index is 3.88. The van der Waals surface area contributed by atoms with E-state index in [0.717, 1.165) is 17.9 Å². The molecule has 23 heavy (non-hydrogen) atoms. The number of aromatic nitrogens is 1. The minimum Gasteiger partial charge on any atom is -0.358 e. The van der Waals surface area contributed by atoms with Gasteiger partial charge in [-0.15, -0.1) is 0 Å². The average molecular weight is 308 g/mol. The van der Waals surface area contributed by atoms with Crippen LogP contribution in [0, 0.1) is 18.8 Å². The zero-order valence-electron chi connectivity index (χ0n) is 14.7. The van der Waals surface area contributed by atoms with Gasteiger partial charge in [-0.25, -0.2) is 0 Å². The Hall–Kier alpha value is -1.28. The maximum absolute atomic E-state index is 3.88. The highest BCUT2D eigenvalue weighted by atomic mass is 15.2. The molecule has 1 saturated carbocycles. The molecule has 122 valence electrons. The summed E-state index contributed by atoms with van der Waals surface area (Å²) in [5.41, 5.74) is 6.25. The molecular weight excluding hydrogens is 280 g/mol. The van der Waals surface area contributed by atoms with Gasteiger partial charge in [-0.1, -0.05) is 31.9 Å². The SMILES string of the molecule is CCC1CC2CN3CCc4c([nH]c5ccc(C)cc45)C(C)(C2)C13. The summed E-state index contributed by atoms with van der Waals surface area (Å²) in [5.74, 6) is 1.78. The molecule has 5 unspecified atom stereocenters. The maximum Gasteiger partial charge on any atom is 0.0459 e. The highest BCUT2D eigenvalue weighted by molar-refractivity contribution is 5.86. The van der Waals surface area contributed by atoms with Crippen molar-refractivity contribution in [3.63, 3.8) is 0 Å². The normalized spacial score (nSPS) is 38.6. The number of nitrogens with zero attached hydrogens (tertiary/aromatic N) is 1.